The molecule has 1 spiro atoms. The van der Waals surface area contributed by atoms with Gasteiger partial charge in [0, 0.05) is 25.2 Å². The van der Waals surface area contributed by atoms with Crippen LogP contribution >= 0.6 is 0 Å². The van der Waals surface area contributed by atoms with E-state index >= 15 is 0 Å². The second-order valence-corrected chi connectivity index (χ2v) is 6.69. The van der Waals surface area contributed by atoms with Crippen LogP contribution in [0.25, 0.3) is 0 Å². The number of likely N-dealkylation sites (N-methyl/N-ethyl adjacent to an activating group) is 1. The fourth-order valence-electron chi connectivity index (χ4n) is 4.05. The average Bonchev–Trinajstić information content (AvgIpc) is 3.18. The molecule has 2 aliphatic rings. The van der Waals surface area contributed by atoms with Crippen molar-refractivity contribution in [3.8, 4) is 0 Å². The molecule has 0 radical (unpaired) electrons. The number of carbonyl (C=O) groups is 1. The number of fused-ring (bicyclic) bond motifs is 2. The molecule has 1 amide bonds. The van der Waals surface area contributed by atoms with E-state index in [4.69, 9.17) is 0 Å². The maximum Gasteiger partial charge on any atom is 0.240 e. The molecule has 2 heterocycles. The fourth-order valence-corrected chi connectivity index (χ4v) is 4.05. The van der Waals surface area contributed by atoms with Gasteiger partial charge in [0.25, 0.3) is 0 Å². The molecule has 0 aromatic carbocycles. The molecule has 1 fully saturated rings. The number of hydrogen-bond acceptors (Lipinski definition) is 3. The van der Waals surface area contributed by atoms with E-state index in [1.54, 1.807) is 6.33 Å². The topological polar surface area (TPSA) is 61.0 Å². The van der Waals surface area contributed by atoms with Gasteiger partial charge in [-0.15, -0.1) is 0 Å². The van der Waals surface area contributed by atoms with E-state index in [-0.39, 0.29) is 17.5 Å². The second-order valence-electron chi connectivity index (χ2n) is 6.69. The van der Waals surface area contributed by atoms with E-state index in [2.05, 4.69) is 29.1 Å². The van der Waals surface area contributed by atoms with Gasteiger partial charge in [0.2, 0.25) is 5.91 Å². The lowest BCUT2D eigenvalue weighted by Crippen LogP contribution is -2.58. The lowest BCUT2D eigenvalue weighted by molar-refractivity contribution is -0.134. The summed E-state index contributed by atoms with van der Waals surface area (Å²) in [4.78, 5) is 22.8. The third-order valence-corrected chi connectivity index (χ3v) is 5.26. The molecule has 1 aliphatic carbocycles. The minimum atomic E-state index is -0.108. The molecule has 3 rings (SSSR count). The number of amides is 1. The summed E-state index contributed by atoms with van der Waals surface area (Å²) < 4.78 is 0. The maximum absolute atomic E-state index is 12.9. The Kier molecular flexibility index (Phi) is 4.52. The van der Waals surface area contributed by atoms with E-state index in [1.165, 1.54) is 12.8 Å². The number of imidazole rings is 1. The number of nitrogens with zero attached hydrogens (tertiary/aromatic N) is 2. The molecule has 122 valence electrons. The van der Waals surface area contributed by atoms with E-state index < -0.39 is 0 Å². The van der Waals surface area contributed by atoms with E-state index in [0.29, 0.717) is 0 Å². The van der Waals surface area contributed by atoms with E-state index in [9.17, 15) is 4.79 Å². The minimum absolute atomic E-state index is 0.0714. The van der Waals surface area contributed by atoms with Crippen LogP contribution in [-0.2, 0) is 16.8 Å². The summed E-state index contributed by atoms with van der Waals surface area (Å²) in [5.41, 5.74) is 2.24. The Morgan fingerprint density at radius 2 is 2.18 bits per heavy atom. The van der Waals surface area contributed by atoms with Gasteiger partial charge in [0.1, 0.15) is 0 Å². The van der Waals surface area contributed by atoms with Crippen LogP contribution in [0.15, 0.2) is 6.33 Å². The molecule has 5 nitrogen and oxygen atoms in total. The third-order valence-electron chi connectivity index (χ3n) is 5.26. The molecule has 1 aromatic rings. The van der Waals surface area contributed by atoms with Crippen LogP contribution in [0.1, 0.15) is 63.8 Å². The van der Waals surface area contributed by atoms with Crippen molar-refractivity contribution >= 4 is 5.91 Å². The van der Waals surface area contributed by atoms with Gasteiger partial charge in [-0.05, 0) is 26.2 Å². The van der Waals surface area contributed by atoms with Crippen molar-refractivity contribution in [3.05, 3.63) is 17.7 Å². The predicted octanol–water partition coefficient (Wildman–Crippen LogP) is 2.34. The number of aromatic nitrogens is 2. The maximum atomic E-state index is 12.9. The van der Waals surface area contributed by atoms with Crippen LogP contribution in [-0.4, -0.2) is 39.9 Å². The Bertz CT molecular complexity index is 518. The molecule has 0 bridgehead atoms. The van der Waals surface area contributed by atoms with Crippen molar-refractivity contribution in [2.45, 2.75) is 70.4 Å². The Morgan fingerprint density at radius 3 is 2.86 bits per heavy atom. The van der Waals surface area contributed by atoms with Crippen LogP contribution in [0.2, 0.25) is 0 Å². The molecule has 1 saturated carbocycles. The number of unbranched alkanes of at least 4 members (excludes halogenated alkanes) is 1. The lowest BCUT2D eigenvalue weighted by atomic mass is 9.84. The SMILES string of the molecule is CCCCN(CC)C(=O)C1Cc2[nH]cnc2C2(CCCC2)N1. The summed E-state index contributed by atoms with van der Waals surface area (Å²) in [6.45, 7) is 5.90. The molecule has 1 aromatic heterocycles. The van der Waals surface area contributed by atoms with Gasteiger partial charge < -0.3 is 9.88 Å². The standard InChI is InChI=1S/C17H28N4O/c1-3-5-10-21(4-2)16(22)14-11-13-15(19-12-18-13)17(20-14)8-6-7-9-17/h12,14,20H,3-11H2,1-2H3,(H,18,19). The monoisotopic (exact) mass is 304 g/mol. The molecule has 0 saturated heterocycles. The van der Waals surface area contributed by atoms with E-state index in [1.807, 2.05) is 4.90 Å². The zero-order valence-corrected chi connectivity index (χ0v) is 13.8. The first-order valence-electron chi connectivity index (χ1n) is 8.79. The normalized spacial score (nSPS) is 22.7. The highest BCUT2D eigenvalue weighted by Gasteiger charge is 2.46. The van der Waals surface area contributed by atoms with Crippen molar-refractivity contribution in [1.29, 1.82) is 0 Å². The first-order valence-corrected chi connectivity index (χ1v) is 8.79. The molecular weight excluding hydrogens is 276 g/mol. The zero-order valence-electron chi connectivity index (χ0n) is 13.8. The molecule has 1 unspecified atom stereocenters. The largest absolute Gasteiger partial charge is 0.348 e. The number of rotatable bonds is 5. The third kappa shape index (κ3) is 2.67. The van der Waals surface area contributed by atoms with E-state index in [0.717, 1.165) is 56.6 Å². The Labute approximate surface area is 132 Å². The van der Waals surface area contributed by atoms with Crippen molar-refractivity contribution in [2.75, 3.05) is 13.1 Å². The molecule has 1 atom stereocenters. The highest BCUT2D eigenvalue weighted by Crippen LogP contribution is 2.42. The van der Waals surface area contributed by atoms with Gasteiger partial charge in [-0.3, -0.25) is 10.1 Å². The van der Waals surface area contributed by atoms with Crippen LogP contribution < -0.4 is 5.32 Å². The fraction of sp³-hybridized carbons (Fsp3) is 0.765. The van der Waals surface area contributed by atoms with Gasteiger partial charge in [0.05, 0.1) is 23.6 Å². The number of hydrogen-bond donors (Lipinski definition) is 2. The lowest BCUT2D eigenvalue weighted by Gasteiger charge is -2.39. The van der Waals surface area contributed by atoms with Crippen molar-refractivity contribution < 1.29 is 4.79 Å². The van der Waals surface area contributed by atoms with Crippen molar-refractivity contribution in [1.82, 2.24) is 20.2 Å². The number of nitrogens with one attached hydrogen (secondary N) is 2. The van der Waals surface area contributed by atoms with Gasteiger partial charge in [-0.1, -0.05) is 26.2 Å². The molecular formula is C17H28N4O. The van der Waals surface area contributed by atoms with Crippen LogP contribution in [0.4, 0.5) is 0 Å². The first-order chi connectivity index (χ1) is 10.7. The zero-order chi connectivity index (χ0) is 15.6. The summed E-state index contributed by atoms with van der Waals surface area (Å²) in [5, 5.41) is 3.69. The number of carbonyl (C=O) groups excluding carboxylic acids is 1. The smallest absolute Gasteiger partial charge is 0.240 e. The predicted molar refractivity (Wildman–Crippen MR) is 86.5 cm³/mol. The van der Waals surface area contributed by atoms with Crippen LogP contribution in [0, 0.1) is 0 Å². The quantitative estimate of drug-likeness (QED) is 0.878. The molecule has 2 N–H and O–H groups in total. The summed E-state index contributed by atoms with van der Waals surface area (Å²) in [7, 11) is 0. The van der Waals surface area contributed by atoms with Crippen molar-refractivity contribution in [3.63, 3.8) is 0 Å². The average molecular weight is 304 g/mol. The van der Waals surface area contributed by atoms with Crippen LogP contribution in [0.5, 0.6) is 0 Å². The molecule has 22 heavy (non-hydrogen) atoms. The van der Waals surface area contributed by atoms with Gasteiger partial charge >= 0.3 is 0 Å². The number of aromatic amines is 1. The highest BCUT2D eigenvalue weighted by molar-refractivity contribution is 5.82. The molecule has 1 aliphatic heterocycles. The summed E-state index contributed by atoms with van der Waals surface area (Å²) in [6, 6.07) is -0.108. The summed E-state index contributed by atoms with van der Waals surface area (Å²) >= 11 is 0. The van der Waals surface area contributed by atoms with Crippen molar-refractivity contribution in [2.24, 2.45) is 0 Å². The van der Waals surface area contributed by atoms with Crippen LogP contribution in [0.3, 0.4) is 0 Å². The second kappa shape index (κ2) is 6.41. The minimum Gasteiger partial charge on any atom is -0.348 e. The summed E-state index contributed by atoms with van der Waals surface area (Å²) in [5.74, 6) is 0.252. The summed E-state index contributed by atoms with van der Waals surface area (Å²) in [6.07, 6.45) is 9.34. The first kappa shape index (κ1) is 15.5. The Balaban J connectivity index is 1.80. The Morgan fingerprint density at radius 1 is 1.41 bits per heavy atom. The highest BCUT2D eigenvalue weighted by atomic mass is 16.2. The molecule has 5 heteroatoms. The van der Waals surface area contributed by atoms with Gasteiger partial charge in [-0.25, -0.2) is 4.98 Å². The van der Waals surface area contributed by atoms with Gasteiger partial charge in [0.15, 0.2) is 0 Å². The van der Waals surface area contributed by atoms with Gasteiger partial charge in [-0.2, -0.15) is 0 Å². The number of H-pyrrole nitrogens is 1. The Hall–Kier alpha value is -1.36.